The molecule has 1 heterocycles. The zero-order chi connectivity index (χ0) is 12.8. The van der Waals surface area contributed by atoms with Crippen LogP contribution >= 0.6 is 0 Å². The normalized spacial score (nSPS) is 24.8. The fraction of sp³-hybridized carbons (Fsp3) is 0.733. The second kappa shape index (κ2) is 6.83. The predicted octanol–water partition coefficient (Wildman–Crippen LogP) is 3.23. The van der Waals surface area contributed by atoms with E-state index in [2.05, 4.69) is 22.2 Å². The SMILES string of the molecule is CCC1CCCC(NCc2ccnc(C)n2)CC1. The van der Waals surface area contributed by atoms with Gasteiger partial charge in [0.25, 0.3) is 0 Å². The van der Waals surface area contributed by atoms with Crippen molar-refractivity contribution < 1.29 is 0 Å². The summed E-state index contributed by atoms with van der Waals surface area (Å²) in [6, 6.07) is 2.68. The molecular weight excluding hydrogens is 222 g/mol. The molecule has 3 heteroatoms. The first-order valence-electron chi connectivity index (χ1n) is 7.30. The van der Waals surface area contributed by atoms with Crippen LogP contribution in [0.25, 0.3) is 0 Å². The molecule has 1 saturated carbocycles. The molecule has 1 N–H and O–H groups in total. The van der Waals surface area contributed by atoms with Crippen molar-refractivity contribution in [2.75, 3.05) is 0 Å². The van der Waals surface area contributed by atoms with E-state index in [0.29, 0.717) is 6.04 Å². The quantitative estimate of drug-likeness (QED) is 0.830. The highest BCUT2D eigenvalue weighted by atomic mass is 14.9. The van der Waals surface area contributed by atoms with Crippen molar-refractivity contribution in [3.63, 3.8) is 0 Å². The van der Waals surface area contributed by atoms with E-state index in [4.69, 9.17) is 0 Å². The zero-order valence-electron chi connectivity index (χ0n) is 11.7. The van der Waals surface area contributed by atoms with Gasteiger partial charge in [-0.2, -0.15) is 0 Å². The fourth-order valence-corrected chi connectivity index (χ4v) is 2.84. The second-order valence-electron chi connectivity index (χ2n) is 5.46. The Morgan fingerprint density at radius 1 is 1.28 bits per heavy atom. The summed E-state index contributed by atoms with van der Waals surface area (Å²) in [4.78, 5) is 8.57. The Hall–Kier alpha value is -0.960. The van der Waals surface area contributed by atoms with Crippen molar-refractivity contribution in [3.8, 4) is 0 Å². The summed E-state index contributed by atoms with van der Waals surface area (Å²) in [6.07, 6.45) is 10.0. The zero-order valence-corrected chi connectivity index (χ0v) is 11.7. The maximum Gasteiger partial charge on any atom is 0.125 e. The molecule has 2 rings (SSSR count). The van der Waals surface area contributed by atoms with Crippen molar-refractivity contribution in [1.82, 2.24) is 15.3 Å². The van der Waals surface area contributed by atoms with Gasteiger partial charge in [-0.3, -0.25) is 0 Å². The summed E-state index contributed by atoms with van der Waals surface area (Å²) in [7, 11) is 0. The third kappa shape index (κ3) is 4.05. The van der Waals surface area contributed by atoms with Crippen LogP contribution in [0.5, 0.6) is 0 Å². The monoisotopic (exact) mass is 247 g/mol. The molecule has 0 aromatic carbocycles. The van der Waals surface area contributed by atoms with E-state index in [1.807, 2.05) is 19.2 Å². The number of hydrogen-bond donors (Lipinski definition) is 1. The molecular formula is C15H25N3. The maximum atomic E-state index is 4.44. The van der Waals surface area contributed by atoms with E-state index in [0.717, 1.165) is 24.0 Å². The summed E-state index contributed by atoms with van der Waals surface area (Å²) in [5, 5.41) is 3.66. The number of aromatic nitrogens is 2. The lowest BCUT2D eigenvalue weighted by Crippen LogP contribution is -2.28. The standard InChI is InChI=1S/C15H25N3/c1-3-13-5-4-6-14(8-7-13)17-11-15-9-10-16-12(2)18-15/h9-10,13-14,17H,3-8,11H2,1-2H3. The molecule has 2 unspecified atom stereocenters. The van der Waals surface area contributed by atoms with Crippen LogP contribution < -0.4 is 5.32 Å². The number of hydrogen-bond acceptors (Lipinski definition) is 3. The largest absolute Gasteiger partial charge is 0.308 e. The van der Waals surface area contributed by atoms with Gasteiger partial charge in [0, 0.05) is 18.8 Å². The average Bonchev–Trinajstić information content (AvgIpc) is 2.61. The van der Waals surface area contributed by atoms with Gasteiger partial charge < -0.3 is 5.32 Å². The van der Waals surface area contributed by atoms with Crippen LogP contribution in [-0.2, 0) is 6.54 Å². The molecule has 0 spiro atoms. The van der Waals surface area contributed by atoms with E-state index in [1.165, 1.54) is 38.5 Å². The Kier molecular flexibility index (Phi) is 5.12. The van der Waals surface area contributed by atoms with Gasteiger partial charge in [0.1, 0.15) is 5.82 Å². The topological polar surface area (TPSA) is 37.8 Å². The van der Waals surface area contributed by atoms with Crippen LogP contribution in [0.4, 0.5) is 0 Å². The van der Waals surface area contributed by atoms with Crippen molar-refractivity contribution in [3.05, 3.63) is 23.8 Å². The second-order valence-corrected chi connectivity index (χ2v) is 5.46. The van der Waals surface area contributed by atoms with Gasteiger partial charge in [-0.1, -0.05) is 26.2 Å². The number of rotatable bonds is 4. The molecule has 18 heavy (non-hydrogen) atoms. The van der Waals surface area contributed by atoms with E-state index < -0.39 is 0 Å². The third-order valence-corrected chi connectivity index (χ3v) is 4.07. The van der Waals surface area contributed by atoms with E-state index in [1.54, 1.807) is 0 Å². The molecule has 100 valence electrons. The van der Waals surface area contributed by atoms with Crippen molar-refractivity contribution in [2.24, 2.45) is 5.92 Å². The molecule has 1 fully saturated rings. The van der Waals surface area contributed by atoms with Crippen LogP contribution in [0.2, 0.25) is 0 Å². The van der Waals surface area contributed by atoms with Crippen LogP contribution in [-0.4, -0.2) is 16.0 Å². The number of nitrogens with one attached hydrogen (secondary N) is 1. The number of nitrogens with zero attached hydrogens (tertiary/aromatic N) is 2. The van der Waals surface area contributed by atoms with E-state index >= 15 is 0 Å². The minimum atomic E-state index is 0.678. The molecule has 1 aliphatic rings. The summed E-state index contributed by atoms with van der Waals surface area (Å²) >= 11 is 0. The van der Waals surface area contributed by atoms with Crippen LogP contribution in [0.15, 0.2) is 12.3 Å². The lowest BCUT2D eigenvalue weighted by molar-refractivity contribution is 0.424. The highest BCUT2D eigenvalue weighted by molar-refractivity contribution is 5.01. The van der Waals surface area contributed by atoms with Gasteiger partial charge in [-0.15, -0.1) is 0 Å². The van der Waals surface area contributed by atoms with Crippen molar-refractivity contribution >= 4 is 0 Å². The molecule has 1 aromatic heterocycles. The van der Waals surface area contributed by atoms with E-state index in [-0.39, 0.29) is 0 Å². The molecule has 1 aromatic rings. The average molecular weight is 247 g/mol. The Balaban J connectivity index is 1.79. The molecule has 0 aliphatic heterocycles. The van der Waals surface area contributed by atoms with Gasteiger partial charge in [0.05, 0.1) is 5.69 Å². The van der Waals surface area contributed by atoms with E-state index in [9.17, 15) is 0 Å². The Labute approximate surface area is 110 Å². The van der Waals surface area contributed by atoms with Gasteiger partial charge in [-0.05, 0) is 38.2 Å². The molecule has 1 aliphatic carbocycles. The van der Waals surface area contributed by atoms with Crippen molar-refractivity contribution in [2.45, 2.75) is 65.0 Å². The molecule has 0 radical (unpaired) electrons. The molecule has 0 amide bonds. The van der Waals surface area contributed by atoms with Crippen LogP contribution in [0, 0.1) is 12.8 Å². The summed E-state index contributed by atoms with van der Waals surface area (Å²) in [6.45, 7) is 5.15. The van der Waals surface area contributed by atoms with Gasteiger partial charge >= 0.3 is 0 Å². The van der Waals surface area contributed by atoms with Crippen LogP contribution in [0.3, 0.4) is 0 Å². The van der Waals surface area contributed by atoms with Crippen LogP contribution in [0.1, 0.15) is 57.0 Å². The van der Waals surface area contributed by atoms with Gasteiger partial charge in [0.2, 0.25) is 0 Å². The fourth-order valence-electron chi connectivity index (χ4n) is 2.84. The Bertz CT molecular complexity index is 365. The Morgan fingerprint density at radius 3 is 2.94 bits per heavy atom. The maximum absolute atomic E-state index is 4.44. The predicted molar refractivity (Wildman–Crippen MR) is 74.3 cm³/mol. The minimum Gasteiger partial charge on any atom is -0.308 e. The first kappa shape index (κ1) is 13.5. The Morgan fingerprint density at radius 2 is 2.17 bits per heavy atom. The first-order valence-corrected chi connectivity index (χ1v) is 7.30. The highest BCUT2D eigenvalue weighted by Gasteiger charge is 2.17. The first-order chi connectivity index (χ1) is 8.78. The number of aryl methyl sites for hydroxylation is 1. The molecule has 3 nitrogen and oxygen atoms in total. The third-order valence-electron chi connectivity index (χ3n) is 4.07. The summed E-state index contributed by atoms with van der Waals surface area (Å²) < 4.78 is 0. The smallest absolute Gasteiger partial charge is 0.125 e. The highest BCUT2D eigenvalue weighted by Crippen LogP contribution is 2.25. The summed E-state index contributed by atoms with van der Waals surface area (Å²) in [5.74, 6) is 1.82. The van der Waals surface area contributed by atoms with Gasteiger partial charge in [-0.25, -0.2) is 9.97 Å². The summed E-state index contributed by atoms with van der Waals surface area (Å²) in [5.41, 5.74) is 1.11. The van der Waals surface area contributed by atoms with Gasteiger partial charge in [0.15, 0.2) is 0 Å². The molecule has 0 saturated heterocycles. The molecule has 0 bridgehead atoms. The van der Waals surface area contributed by atoms with Crippen molar-refractivity contribution in [1.29, 1.82) is 0 Å². The minimum absolute atomic E-state index is 0.678. The lowest BCUT2D eigenvalue weighted by atomic mass is 9.98. The molecule has 2 atom stereocenters. The lowest BCUT2D eigenvalue weighted by Gasteiger charge is -2.16.